The molecule has 1 atom stereocenters. The summed E-state index contributed by atoms with van der Waals surface area (Å²) >= 11 is 0. The fourth-order valence-corrected chi connectivity index (χ4v) is 3.05. The lowest BCUT2D eigenvalue weighted by Crippen LogP contribution is -2.41. The van der Waals surface area contributed by atoms with Gasteiger partial charge in [-0.05, 0) is 37.3 Å². The van der Waals surface area contributed by atoms with Crippen LogP contribution >= 0.6 is 0 Å². The van der Waals surface area contributed by atoms with Crippen LogP contribution in [0.15, 0.2) is 28.8 Å². The number of methoxy groups -OCH3 is 1. The number of ether oxygens (including phenoxy) is 1. The van der Waals surface area contributed by atoms with E-state index in [1.54, 1.807) is 7.11 Å². The zero-order valence-electron chi connectivity index (χ0n) is 12.6. The van der Waals surface area contributed by atoms with Crippen molar-refractivity contribution >= 4 is 0 Å². The zero-order chi connectivity index (χ0) is 14.7. The Morgan fingerprint density at radius 3 is 3.10 bits per heavy atom. The molecule has 1 heterocycles. The Morgan fingerprint density at radius 1 is 1.38 bits per heavy atom. The number of nitrogens with one attached hydrogen (secondary N) is 1. The Hall–Kier alpha value is -1.72. The Balaban J connectivity index is 1.72. The van der Waals surface area contributed by atoms with Crippen molar-refractivity contribution in [2.75, 3.05) is 7.11 Å². The highest BCUT2D eigenvalue weighted by molar-refractivity contribution is 5.35. The molecule has 1 aromatic heterocycles. The van der Waals surface area contributed by atoms with Crippen molar-refractivity contribution in [3.63, 3.8) is 0 Å². The molecule has 21 heavy (non-hydrogen) atoms. The first-order valence-electron chi connectivity index (χ1n) is 7.35. The summed E-state index contributed by atoms with van der Waals surface area (Å²) in [4.78, 5) is 4.31. The van der Waals surface area contributed by atoms with Gasteiger partial charge in [0.1, 0.15) is 6.61 Å². The number of aromatic nitrogens is 2. The van der Waals surface area contributed by atoms with Gasteiger partial charge in [0.15, 0.2) is 5.82 Å². The molecule has 1 aliphatic carbocycles. The number of fused-ring (bicyclic) bond motifs is 1. The first-order valence-corrected chi connectivity index (χ1v) is 7.35. The van der Waals surface area contributed by atoms with Crippen molar-refractivity contribution in [2.24, 2.45) is 0 Å². The fraction of sp³-hybridized carbons (Fsp3) is 0.500. The van der Waals surface area contributed by atoms with Crippen LogP contribution in [-0.4, -0.2) is 17.3 Å². The monoisotopic (exact) mass is 287 g/mol. The highest BCUT2D eigenvalue weighted by atomic mass is 16.5. The second-order valence-electron chi connectivity index (χ2n) is 5.73. The molecule has 0 bridgehead atoms. The van der Waals surface area contributed by atoms with Crippen molar-refractivity contribution in [1.82, 2.24) is 15.5 Å². The molecule has 0 unspecified atom stereocenters. The minimum absolute atomic E-state index is 0.0370. The fourth-order valence-electron chi connectivity index (χ4n) is 3.05. The summed E-state index contributed by atoms with van der Waals surface area (Å²) in [6.07, 6.45) is 3.47. The molecule has 3 rings (SSSR count). The number of rotatable bonds is 5. The van der Waals surface area contributed by atoms with E-state index < -0.39 is 0 Å². The molecule has 1 aliphatic rings. The van der Waals surface area contributed by atoms with Crippen LogP contribution in [0.4, 0.5) is 0 Å². The van der Waals surface area contributed by atoms with E-state index in [0.717, 1.165) is 12.8 Å². The van der Waals surface area contributed by atoms with Crippen molar-refractivity contribution in [1.29, 1.82) is 0 Å². The van der Waals surface area contributed by atoms with Gasteiger partial charge < -0.3 is 9.26 Å². The van der Waals surface area contributed by atoms with Crippen LogP contribution in [0, 0.1) is 0 Å². The summed E-state index contributed by atoms with van der Waals surface area (Å²) in [7, 11) is 1.62. The third-order valence-electron chi connectivity index (χ3n) is 4.15. The molecule has 1 N–H and O–H groups in total. The van der Waals surface area contributed by atoms with E-state index in [1.807, 2.05) is 0 Å². The largest absolute Gasteiger partial charge is 0.377 e. The molecule has 5 heteroatoms. The molecular formula is C16H21N3O2. The van der Waals surface area contributed by atoms with Crippen LogP contribution in [0.1, 0.15) is 42.6 Å². The Bertz CT molecular complexity index is 611. The van der Waals surface area contributed by atoms with Gasteiger partial charge in [-0.3, -0.25) is 5.32 Å². The van der Waals surface area contributed by atoms with E-state index in [-0.39, 0.29) is 5.54 Å². The molecule has 0 aliphatic heterocycles. The molecule has 0 saturated carbocycles. The molecule has 5 nitrogen and oxygen atoms in total. The van der Waals surface area contributed by atoms with Gasteiger partial charge in [-0.1, -0.05) is 29.4 Å². The maximum Gasteiger partial charge on any atom is 0.240 e. The second kappa shape index (κ2) is 5.95. The zero-order valence-corrected chi connectivity index (χ0v) is 12.6. The van der Waals surface area contributed by atoms with E-state index in [4.69, 9.17) is 9.26 Å². The number of nitrogens with zero attached hydrogens (tertiary/aromatic N) is 2. The van der Waals surface area contributed by atoms with Crippen molar-refractivity contribution in [3.8, 4) is 0 Å². The molecule has 0 saturated heterocycles. The van der Waals surface area contributed by atoms with Crippen LogP contribution in [-0.2, 0) is 29.8 Å². The van der Waals surface area contributed by atoms with E-state index in [1.165, 1.54) is 17.5 Å². The average Bonchev–Trinajstić information content (AvgIpc) is 2.94. The van der Waals surface area contributed by atoms with Gasteiger partial charge >= 0.3 is 0 Å². The van der Waals surface area contributed by atoms with Gasteiger partial charge in [0.05, 0.1) is 6.54 Å². The van der Waals surface area contributed by atoms with Crippen LogP contribution in [0.3, 0.4) is 0 Å². The molecule has 112 valence electrons. The van der Waals surface area contributed by atoms with Crippen molar-refractivity contribution in [2.45, 2.75) is 44.9 Å². The molecule has 2 aromatic rings. The molecular weight excluding hydrogens is 266 g/mol. The van der Waals surface area contributed by atoms with Gasteiger partial charge in [-0.25, -0.2) is 0 Å². The lowest BCUT2D eigenvalue weighted by atomic mass is 9.78. The van der Waals surface area contributed by atoms with E-state index in [2.05, 4.69) is 46.6 Å². The average molecular weight is 287 g/mol. The predicted octanol–water partition coefficient (Wildman–Crippen LogP) is 2.56. The minimum atomic E-state index is -0.0370. The van der Waals surface area contributed by atoms with Crippen LogP contribution in [0.25, 0.3) is 0 Å². The number of hydrogen-bond acceptors (Lipinski definition) is 5. The maximum atomic E-state index is 5.24. The number of benzene rings is 1. The summed E-state index contributed by atoms with van der Waals surface area (Å²) in [6, 6.07) is 8.65. The summed E-state index contributed by atoms with van der Waals surface area (Å²) in [5.74, 6) is 1.19. The van der Waals surface area contributed by atoms with Crippen LogP contribution in [0.2, 0.25) is 0 Å². The quantitative estimate of drug-likeness (QED) is 0.915. The Kier molecular flexibility index (Phi) is 4.03. The SMILES string of the molecule is COCc1noc(CN[C@]2(C)CCCc3ccccc32)n1. The Labute approximate surface area is 124 Å². The number of hydrogen-bond donors (Lipinski definition) is 1. The van der Waals surface area contributed by atoms with E-state index >= 15 is 0 Å². The highest BCUT2D eigenvalue weighted by Gasteiger charge is 2.31. The lowest BCUT2D eigenvalue weighted by molar-refractivity contribution is 0.174. The van der Waals surface area contributed by atoms with Crippen molar-refractivity contribution < 1.29 is 9.26 Å². The van der Waals surface area contributed by atoms with E-state index in [9.17, 15) is 0 Å². The number of aryl methyl sites for hydroxylation is 1. The summed E-state index contributed by atoms with van der Waals surface area (Å²) in [6.45, 7) is 3.20. The smallest absolute Gasteiger partial charge is 0.240 e. The molecule has 0 amide bonds. The third kappa shape index (κ3) is 2.99. The van der Waals surface area contributed by atoms with E-state index in [0.29, 0.717) is 24.9 Å². The predicted molar refractivity (Wildman–Crippen MR) is 78.6 cm³/mol. The highest BCUT2D eigenvalue weighted by Crippen LogP contribution is 2.34. The standard InChI is InChI=1S/C16H21N3O2/c1-16(9-5-7-12-6-3-4-8-13(12)16)17-10-15-18-14(11-20-2)19-21-15/h3-4,6,8,17H,5,7,9-11H2,1-2H3/t16-/m1/s1. The van der Waals surface area contributed by atoms with Crippen LogP contribution < -0.4 is 5.32 Å². The van der Waals surface area contributed by atoms with Gasteiger partial charge in [-0.2, -0.15) is 4.98 Å². The summed E-state index contributed by atoms with van der Waals surface area (Å²) in [5, 5.41) is 7.47. The van der Waals surface area contributed by atoms with Crippen LogP contribution in [0.5, 0.6) is 0 Å². The summed E-state index contributed by atoms with van der Waals surface area (Å²) in [5.41, 5.74) is 2.78. The first-order chi connectivity index (χ1) is 10.2. The minimum Gasteiger partial charge on any atom is -0.377 e. The third-order valence-corrected chi connectivity index (χ3v) is 4.15. The normalized spacial score (nSPS) is 21.2. The second-order valence-corrected chi connectivity index (χ2v) is 5.73. The van der Waals surface area contributed by atoms with Gasteiger partial charge in [-0.15, -0.1) is 0 Å². The first kappa shape index (κ1) is 14.2. The van der Waals surface area contributed by atoms with Gasteiger partial charge in [0.25, 0.3) is 0 Å². The van der Waals surface area contributed by atoms with Gasteiger partial charge in [0.2, 0.25) is 5.89 Å². The molecule has 0 fully saturated rings. The molecule has 0 radical (unpaired) electrons. The lowest BCUT2D eigenvalue weighted by Gasteiger charge is -2.36. The Morgan fingerprint density at radius 2 is 2.24 bits per heavy atom. The van der Waals surface area contributed by atoms with Crippen molar-refractivity contribution in [3.05, 3.63) is 47.1 Å². The maximum absolute atomic E-state index is 5.24. The molecule has 0 spiro atoms. The topological polar surface area (TPSA) is 60.2 Å². The molecule has 1 aromatic carbocycles. The summed E-state index contributed by atoms with van der Waals surface area (Å²) < 4.78 is 10.2. The van der Waals surface area contributed by atoms with Gasteiger partial charge in [0, 0.05) is 12.6 Å².